The molecule has 11 heteroatoms. The molecule has 5 aromatic carbocycles. The molecule has 0 aliphatic heterocycles. The van der Waals surface area contributed by atoms with Crippen molar-refractivity contribution >= 4 is 23.0 Å². The molecule has 1 aromatic heterocycles. The van der Waals surface area contributed by atoms with E-state index in [-0.39, 0.29) is 42.3 Å². The number of fused-ring (bicyclic) bond motifs is 1. The molecule has 1 atom stereocenters. The van der Waals surface area contributed by atoms with Gasteiger partial charge < -0.3 is 38.5 Å². The highest BCUT2D eigenvalue weighted by Crippen LogP contribution is 2.40. The monoisotopic (exact) mass is 771 g/mol. The quantitative estimate of drug-likeness (QED) is 0.103. The molecule has 0 saturated heterocycles. The van der Waals surface area contributed by atoms with Crippen LogP contribution in [0.3, 0.4) is 0 Å². The smallest absolute Gasteiger partial charge is 0.408 e. The maximum Gasteiger partial charge on any atom is 0.408 e. The number of phenolic OH excluding ortho intramolecular Hbond substituents is 1. The maximum absolute atomic E-state index is 14.4. The molecule has 0 aliphatic carbocycles. The molecule has 6 aromatic rings. The second-order valence-corrected chi connectivity index (χ2v) is 14.7. The molecule has 0 aliphatic rings. The van der Waals surface area contributed by atoms with Gasteiger partial charge in [0.25, 0.3) is 0 Å². The van der Waals surface area contributed by atoms with Crippen LogP contribution in [-0.4, -0.2) is 28.8 Å². The van der Waals surface area contributed by atoms with Crippen LogP contribution in [0.25, 0.3) is 22.3 Å². The van der Waals surface area contributed by atoms with E-state index in [9.17, 15) is 19.5 Å². The van der Waals surface area contributed by atoms with E-state index in [1.54, 1.807) is 52.8 Å². The van der Waals surface area contributed by atoms with Crippen LogP contribution in [-0.2, 0) is 29.4 Å². The van der Waals surface area contributed by atoms with Gasteiger partial charge in [-0.1, -0.05) is 105 Å². The van der Waals surface area contributed by atoms with Crippen molar-refractivity contribution in [2.75, 3.05) is 0 Å². The minimum absolute atomic E-state index is 0.0266. The van der Waals surface area contributed by atoms with E-state index < -0.39 is 46.6 Å². The largest absolute Gasteiger partial charge is 0.507 e. The van der Waals surface area contributed by atoms with Gasteiger partial charge in [-0.25, -0.2) is 9.59 Å². The number of carbonyl (C=O) groups excluding carboxylic acids is 2. The van der Waals surface area contributed by atoms with Gasteiger partial charge in [0.2, 0.25) is 11.2 Å². The molecule has 11 nitrogen and oxygen atoms in total. The Kier molecular flexibility index (Phi) is 12.5. The first kappa shape index (κ1) is 39.9. The summed E-state index contributed by atoms with van der Waals surface area (Å²) in [6.45, 7) is 9.14. The Bertz CT molecular complexity index is 2370. The number of carbonyl (C=O) groups is 2. The van der Waals surface area contributed by atoms with Gasteiger partial charge in [0, 0.05) is 17.7 Å². The average molecular weight is 772 g/mol. The third kappa shape index (κ3) is 10.5. The highest BCUT2D eigenvalue weighted by atomic mass is 16.6. The summed E-state index contributed by atoms with van der Waals surface area (Å²) in [6, 6.07) is 35.2. The highest BCUT2D eigenvalue weighted by molar-refractivity contribution is 5.91. The van der Waals surface area contributed by atoms with Gasteiger partial charge in [0.15, 0.2) is 17.3 Å². The predicted molar refractivity (Wildman–Crippen MR) is 216 cm³/mol. The predicted octanol–water partition coefficient (Wildman–Crippen LogP) is 9.36. The molecule has 0 radical (unpaired) electrons. The molecule has 0 saturated carbocycles. The lowest BCUT2D eigenvalue weighted by Gasteiger charge is -2.24. The van der Waals surface area contributed by atoms with Gasteiger partial charge in [0.1, 0.15) is 53.9 Å². The van der Waals surface area contributed by atoms with Crippen LogP contribution in [0, 0.1) is 5.92 Å². The van der Waals surface area contributed by atoms with Crippen molar-refractivity contribution in [3.05, 3.63) is 148 Å². The number of phenols is 1. The van der Waals surface area contributed by atoms with E-state index >= 15 is 0 Å². The van der Waals surface area contributed by atoms with Crippen LogP contribution in [0.2, 0.25) is 0 Å². The van der Waals surface area contributed by atoms with Crippen molar-refractivity contribution in [2.45, 2.75) is 66.1 Å². The van der Waals surface area contributed by atoms with Gasteiger partial charge in [0.05, 0.1) is 0 Å². The second-order valence-electron chi connectivity index (χ2n) is 14.7. The van der Waals surface area contributed by atoms with Crippen molar-refractivity contribution in [1.29, 1.82) is 0 Å². The third-order valence-electron chi connectivity index (χ3n) is 8.63. The van der Waals surface area contributed by atoms with Crippen LogP contribution >= 0.6 is 0 Å². The van der Waals surface area contributed by atoms with Crippen LogP contribution < -0.4 is 29.7 Å². The number of hydrogen-bond acceptors (Lipinski definition) is 10. The fourth-order valence-electron chi connectivity index (χ4n) is 5.81. The fourth-order valence-corrected chi connectivity index (χ4v) is 5.81. The molecule has 294 valence electrons. The van der Waals surface area contributed by atoms with Gasteiger partial charge in [-0.3, -0.25) is 4.79 Å². The number of rotatable bonds is 14. The lowest BCUT2D eigenvalue weighted by atomic mass is 10.0. The summed E-state index contributed by atoms with van der Waals surface area (Å²) in [5.74, 6) is -1.55. The first-order valence-electron chi connectivity index (χ1n) is 18.5. The Balaban J connectivity index is 1.44. The Morgan fingerprint density at radius 2 is 1.26 bits per heavy atom. The van der Waals surface area contributed by atoms with E-state index in [1.165, 1.54) is 12.1 Å². The summed E-state index contributed by atoms with van der Waals surface area (Å²) in [6.07, 6.45) is -0.837. The molecule has 0 spiro atoms. The molecule has 2 N–H and O–H groups in total. The number of hydrogen-bond donors (Lipinski definition) is 2. The third-order valence-corrected chi connectivity index (χ3v) is 8.63. The standard InChI is InChI=1S/C46H45NO10/c1-29(2)40(47-45(51)57-46(3,4)5)44(50)56-43-41(49)39-35(48)24-34(52-26-30-15-9-6-10-16-30)25-38(39)55-42(43)33-21-22-36(53-27-31-17-11-7-12-18-31)37(23-33)54-28-32-19-13-8-14-20-32/h6-25,29,40,48H,26-28H2,1-5H3,(H,47,51)/t40-/m0/s1. The fraction of sp³-hybridized carbons (Fsp3) is 0.239. The van der Waals surface area contributed by atoms with Crippen molar-refractivity contribution in [1.82, 2.24) is 5.32 Å². The minimum Gasteiger partial charge on any atom is -0.507 e. The summed E-state index contributed by atoms with van der Waals surface area (Å²) < 4.78 is 36.1. The van der Waals surface area contributed by atoms with Crippen LogP contribution in [0.1, 0.15) is 51.3 Å². The first-order chi connectivity index (χ1) is 27.3. The van der Waals surface area contributed by atoms with E-state index in [1.807, 2.05) is 91.0 Å². The number of ether oxygens (including phenoxy) is 5. The Labute approximate surface area is 330 Å². The van der Waals surface area contributed by atoms with Crippen LogP contribution in [0.5, 0.6) is 28.7 Å². The maximum atomic E-state index is 14.4. The summed E-state index contributed by atoms with van der Waals surface area (Å²) in [5.41, 5.74) is 1.33. The zero-order valence-corrected chi connectivity index (χ0v) is 32.4. The summed E-state index contributed by atoms with van der Waals surface area (Å²) in [7, 11) is 0. The average Bonchev–Trinajstić information content (AvgIpc) is 3.19. The zero-order valence-electron chi connectivity index (χ0n) is 32.4. The lowest BCUT2D eigenvalue weighted by Crippen LogP contribution is -2.48. The summed E-state index contributed by atoms with van der Waals surface area (Å²) >= 11 is 0. The molecule has 1 amide bonds. The van der Waals surface area contributed by atoms with E-state index in [0.717, 1.165) is 16.7 Å². The Hall–Kier alpha value is -6.75. The molecule has 57 heavy (non-hydrogen) atoms. The van der Waals surface area contributed by atoms with Crippen molar-refractivity contribution in [3.63, 3.8) is 0 Å². The SMILES string of the molecule is CC(C)[C@H](NC(=O)OC(C)(C)C)C(=O)Oc1c(-c2ccc(OCc3ccccc3)c(OCc3ccccc3)c2)oc2cc(OCc3ccccc3)cc(O)c2c1=O. The number of aromatic hydroxyl groups is 1. The number of nitrogens with one attached hydrogen (secondary N) is 1. The zero-order chi connectivity index (χ0) is 40.5. The number of benzene rings is 5. The van der Waals surface area contributed by atoms with Crippen molar-refractivity contribution in [3.8, 4) is 40.1 Å². The molecule has 0 unspecified atom stereocenters. The Morgan fingerprint density at radius 3 is 1.81 bits per heavy atom. The molecule has 0 bridgehead atoms. The molecule has 1 heterocycles. The highest BCUT2D eigenvalue weighted by Gasteiger charge is 2.32. The molecular weight excluding hydrogens is 727 g/mol. The van der Waals surface area contributed by atoms with E-state index in [2.05, 4.69) is 5.32 Å². The van der Waals surface area contributed by atoms with Gasteiger partial charge in [-0.2, -0.15) is 0 Å². The Morgan fingerprint density at radius 1 is 0.719 bits per heavy atom. The second kappa shape index (κ2) is 17.8. The number of alkyl carbamates (subject to hydrolysis) is 1. The summed E-state index contributed by atoms with van der Waals surface area (Å²) in [5, 5.41) is 13.5. The van der Waals surface area contributed by atoms with Gasteiger partial charge in [-0.05, 0) is 61.6 Å². The van der Waals surface area contributed by atoms with Crippen LogP contribution in [0.4, 0.5) is 4.79 Å². The number of esters is 1. The van der Waals surface area contributed by atoms with E-state index in [0.29, 0.717) is 17.1 Å². The van der Waals surface area contributed by atoms with Crippen LogP contribution in [0.15, 0.2) is 131 Å². The molecule has 0 fully saturated rings. The topological polar surface area (TPSA) is 143 Å². The first-order valence-corrected chi connectivity index (χ1v) is 18.5. The molecule has 6 rings (SSSR count). The normalized spacial score (nSPS) is 11.8. The molecular formula is C46H45NO10. The van der Waals surface area contributed by atoms with Crippen molar-refractivity contribution < 1.29 is 42.8 Å². The minimum atomic E-state index is -1.22. The lowest BCUT2D eigenvalue weighted by molar-refractivity contribution is -0.138. The van der Waals surface area contributed by atoms with E-state index in [4.69, 9.17) is 28.1 Å². The number of amides is 1. The van der Waals surface area contributed by atoms with Gasteiger partial charge >= 0.3 is 12.1 Å². The summed E-state index contributed by atoms with van der Waals surface area (Å²) in [4.78, 5) is 41.0. The van der Waals surface area contributed by atoms with Crippen molar-refractivity contribution in [2.24, 2.45) is 5.92 Å². The van der Waals surface area contributed by atoms with Gasteiger partial charge in [-0.15, -0.1) is 0 Å².